The average Bonchev–Trinajstić information content (AvgIpc) is 3.14. The van der Waals surface area contributed by atoms with E-state index >= 15 is 0 Å². The third-order valence-corrected chi connectivity index (χ3v) is 5.78. The predicted octanol–water partition coefficient (Wildman–Crippen LogP) is 4.23. The molecule has 30 heavy (non-hydrogen) atoms. The number of hydrogen-bond acceptors (Lipinski definition) is 6. The van der Waals surface area contributed by atoms with Crippen LogP contribution in [0.1, 0.15) is 43.2 Å². The summed E-state index contributed by atoms with van der Waals surface area (Å²) in [7, 11) is 1.64. The number of benzene rings is 1. The molecule has 1 fully saturated rings. The van der Waals surface area contributed by atoms with Crippen LogP contribution >= 0.6 is 11.6 Å². The lowest BCUT2D eigenvalue weighted by molar-refractivity contribution is 0.100. The Hall–Kier alpha value is -2.51. The van der Waals surface area contributed by atoms with Gasteiger partial charge in [-0.2, -0.15) is 0 Å². The van der Waals surface area contributed by atoms with Gasteiger partial charge in [0.25, 0.3) is 0 Å². The van der Waals surface area contributed by atoms with Crippen molar-refractivity contribution in [1.29, 1.82) is 0 Å². The number of Topliss-reactive ketones (excluding diaryl/α,β-unsaturated/α-hetero) is 1. The van der Waals surface area contributed by atoms with Crippen molar-refractivity contribution in [1.82, 2.24) is 24.4 Å². The minimum atomic E-state index is -0.217. The van der Waals surface area contributed by atoms with Crippen LogP contribution in [0, 0.1) is 0 Å². The molecule has 1 aliphatic heterocycles. The minimum absolute atomic E-state index is 0.117. The summed E-state index contributed by atoms with van der Waals surface area (Å²) in [5, 5.41) is 0.203. The van der Waals surface area contributed by atoms with Crippen LogP contribution < -0.4 is 4.74 Å². The van der Waals surface area contributed by atoms with Gasteiger partial charge in [-0.3, -0.25) is 4.79 Å². The first-order chi connectivity index (χ1) is 14.6. The second-order valence-corrected chi connectivity index (χ2v) is 8.00. The number of hydrogen-bond donors (Lipinski definition) is 0. The van der Waals surface area contributed by atoms with Crippen LogP contribution in [0.25, 0.3) is 22.6 Å². The Bertz CT molecular complexity index is 1040. The van der Waals surface area contributed by atoms with Crippen molar-refractivity contribution >= 4 is 28.5 Å². The molecule has 0 bridgehead atoms. The number of aryl methyl sites for hydroxylation is 1. The molecule has 1 aliphatic rings. The summed E-state index contributed by atoms with van der Waals surface area (Å²) in [6.07, 6.45) is 4.84. The zero-order valence-electron chi connectivity index (χ0n) is 17.4. The summed E-state index contributed by atoms with van der Waals surface area (Å²) in [5.41, 5.74) is 2.06. The lowest BCUT2D eigenvalue weighted by atomic mass is 10.1. The highest BCUT2D eigenvalue weighted by Crippen LogP contribution is 2.29. The lowest BCUT2D eigenvalue weighted by Gasteiger charge is -2.26. The number of nitrogens with zero attached hydrogens (tertiary/aromatic N) is 5. The fourth-order valence-corrected chi connectivity index (χ4v) is 4.14. The maximum atomic E-state index is 11.9. The largest absolute Gasteiger partial charge is 0.497 e. The Balaban J connectivity index is 1.71. The molecular formula is C22H26ClN5O2. The van der Waals surface area contributed by atoms with E-state index < -0.39 is 0 Å². The first-order valence-electron chi connectivity index (χ1n) is 10.4. The summed E-state index contributed by atoms with van der Waals surface area (Å²) in [6, 6.07) is 7.74. The monoisotopic (exact) mass is 427 g/mol. The van der Waals surface area contributed by atoms with E-state index in [1.165, 1.54) is 39.3 Å². The van der Waals surface area contributed by atoms with Crippen molar-refractivity contribution in [3.8, 4) is 17.1 Å². The number of methoxy groups -OCH3 is 1. The highest BCUT2D eigenvalue weighted by molar-refractivity contribution is 6.33. The van der Waals surface area contributed by atoms with Crippen LogP contribution in [-0.4, -0.2) is 56.9 Å². The van der Waals surface area contributed by atoms with Crippen LogP contribution in [0.2, 0.25) is 5.15 Å². The van der Waals surface area contributed by atoms with E-state index in [0.29, 0.717) is 11.2 Å². The first-order valence-corrected chi connectivity index (χ1v) is 10.8. The number of fused-ring (bicyclic) bond motifs is 1. The topological polar surface area (TPSA) is 73.1 Å². The van der Waals surface area contributed by atoms with Gasteiger partial charge in [-0.1, -0.05) is 18.0 Å². The molecule has 0 N–H and O–H groups in total. The minimum Gasteiger partial charge on any atom is -0.497 e. The molecule has 1 saturated heterocycles. The fourth-order valence-electron chi connectivity index (χ4n) is 3.93. The van der Waals surface area contributed by atoms with E-state index in [4.69, 9.17) is 21.3 Å². The molecular weight excluding hydrogens is 402 g/mol. The number of likely N-dealkylation sites (tertiary alicyclic amines) is 1. The van der Waals surface area contributed by atoms with Gasteiger partial charge in [-0.05, 0) is 63.2 Å². The second kappa shape index (κ2) is 9.10. The van der Waals surface area contributed by atoms with Crippen LogP contribution in [0.3, 0.4) is 0 Å². The van der Waals surface area contributed by atoms with Crippen molar-refractivity contribution in [2.24, 2.45) is 0 Å². The molecule has 0 atom stereocenters. The molecule has 4 rings (SSSR count). The molecule has 0 aliphatic carbocycles. The van der Waals surface area contributed by atoms with E-state index in [9.17, 15) is 4.79 Å². The van der Waals surface area contributed by atoms with E-state index in [-0.39, 0.29) is 16.8 Å². The number of imidazole rings is 1. The first kappa shape index (κ1) is 20.8. The van der Waals surface area contributed by atoms with Gasteiger partial charge in [0, 0.05) is 19.0 Å². The number of ether oxygens (including phenoxy) is 1. The standard InChI is InChI=1S/C22H26ClN5O2/c1-15(29)20-25-19(23)18-22(26-20)28(14-6-13-27-11-4-3-5-12-27)21(24-18)16-7-9-17(30-2)10-8-16/h7-10H,3-6,11-14H2,1-2H3. The number of aromatic nitrogens is 4. The van der Waals surface area contributed by atoms with Crippen LogP contribution in [-0.2, 0) is 6.54 Å². The second-order valence-electron chi connectivity index (χ2n) is 7.64. The van der Waals surface area contributed by atoms with Crippen LogP contribution in [0.5, 0.6) is 5.75 Å². The van der Waals surface area contributed by atoms with E-state index in [2.05, 4.69) is 19.4 Å². The molecule has 3 aromatic rings. The molecule has 0 amide bonds. The molecule has 158 valence electrons. The molecule has 8 heteroatoms. The third-order valence-electron chi connectivity index (χ3n) is 5.52. The van der Waals surface area contributed by atoms with Crippen molar-refractivity contribution < 1.29 is 9.53 Å². The molecule has 0 spiro atoms. The maximum Gasteiger partial charge on any atom is 0.199 e. The van der Waals surface area contributed by atoms with Gasteiger partial charge >= 0.3 is 0 Å². The fraction of sp³-hybridized carbons (Fsp3) is 0.455. The Kier molecular flexibility index (Phi) is 6.29. The van der Waals surface area contributed by atoms with E-state index in [0.717, 1.165) is 36.6 Å². The SMILES string of the molecule is COc1ccc(-c2nc3c(Cl)nc(C(C)=O)nc3n2CCCN2CCCCC2)cc1. The predicted molar refractivity (Wildman–Crippen MR) is 117 cm³/mol. The van der Waals surface area contributed by atoms with Gasteiger partial charge in [0.05, 0.1) is 7.11 Å². The van der Waals surface area contributed by atoms with Gasteiger partial charge in [-0.25, -0.2) is 15.0 Å². The van der Waals surface area contributed by atoms with Gasteiger partial charge in [0.15, 0.2) is 22.4 Å². The van der Waals surface area contributed by atoms with E-state index in [1.807, 2.05) is 24.3 Å². The zero-order chi connectivity index (χ0) is 21.1. The summed E-state index contributed by atoms with van der Waals surface area (Å²) in [4.78, 5) is 27.8. The van der Waals surface area contributed by atoms with Gasteiger partial charge in [0.1, 0.15) is 17.1 Å². The van der Waals surface area contributed by atoms with Crippen molar-refractivity contribution in [2.75, 3.05) is 26.7 Å². The van der Waals surface area contributed by atoms with Gasteiger partial charge < -0.3 is 14.2 Å². The summed E-state index contributed by atoms with van der Waals surface area (Å²) in [5.74, 6) is 1.45. The number of rotatable bonds is 7. The molecule has 0 saturated carbocycles. The summed E-state index contributed by atoms with van der Waals surface area (Å²) >= 11 is 6.38. The number of halogens is 1. The Morgan fingerprint density at radius 2 is 1.80 bits per heavy atom. The summed E-state index contributed by atoms with van der Waals surface area (Å²) < 4.78 is 7.33. The number of carbonyl (C=O) groups excluding carboxylic acids is 1. The normalized spacial score (nSPS) is 14.9. The molecule has 0 radical (unpaired) electrons. The smallest absolute Gasteiger partial charge is 0.199 e. The highest BCUT2D eigenvalue weighted by atomic mass is 35.5. The number of ketones is 1. The van der Waals surface area contributed by atoms with Crippen molar-refractivity contribution in [3.63, 3.8) is 0 Å². The van der Waals surface area contributed by atoms with Crippen LogP contribution in [0.15, 0.2) is 24.3 Å². The Morgan fingerprint density at radius 1 is 1.07 bits per heavy atom. The van der Waals surface area contributed by atoms with E-state index in [1.54, 1.807) is 7.11 Å². The summed E-state index contributed by atoms with van der Waals surface area (Å²) in [6.45, 7) is 5.54. The molecule has 7 nitrogen and oxygen atoms in total. The molecule has 1 aromatic carbocycles. The molecule has 3 heterocycles. The number of piperidine rings is 1. The number of carbonyl (C=O) groups is 1. The quantitative estimate of drug-likeness (QED) is 0.415. The average molecular weight is 428 g/mol. The third kappa shape index (κ3) is 4.32. The van der Waals surface area contributed by atoms with Gasteiger partial charge in [-0.15, -0.1) is 0 Å². The van der Waals surface area contributed by atoms with Crippen LogP contribution in [0.4, 0.5) is 0 Å². The Morgan fingerprint density at radius 3 is 2.47 bits per heavy atom. The van der Waals surface area contributed by atoms with Crippen molar-refractivity contribution in [2.45, 2.75) is 39.2 Å². The highest BCUT2D eigenvalue weighted by Gasteiger charge is 2.20. The Labute approximate surface area is 181 Å². The van der Waals surface area contributed by atoms with Crippen molar-refractivity contribution in [3.05, 3.63) is 35.2 Å². The molecule has 0 unspecified atom stereocenters. The maximum absolute atomic E-state index is 11.9. The van der Waals surface area contributed by atoms with Gasteiger partial charge in [0.2, 0.25) is 0 Å². The lowest BCUT2D eigenvalue weighted by Crippen LogP contribution is -2.31. The zero-order valence-corrected chi connectivity index (χ0v) is 18.2. The molecule has 2 aromatic heterocycles.